The number of thioether (sulfide) groups is 1. The summed E-state index contributed by atoms with van der Waals surface area (Å²) < 4.78 is 0. The molecule has 0 aromatic heterocycles. The number of benzene rings is 1. The van der Waals surface area contributed by atoms with Crippen molar-refractivity contribution in [2.45, 2.75) is 56.0 Å². The highest BCUT2D eigenvalue weighted by molar-refractivity contribution is 8.00. The predicted octanol–water partition coefficient (Wildman–Crippen LogP) is -2.38. The van der Waals surface area contributed by atoms with E-state index in [4.69, 9.17) is 21.7 Å². The average Bonchev–Trinajstić information content (AvgIpc) is 3.27. The van der Waals surface area contributed by atoms with Gasteiger partial charge in [-0.2, -0.15) is 0 Å². The number of carboxylic acid groups (broad SMARTS) is 2. The van der Waals surface area contributed by atoms with Crippen molar-refractivity contribution in [2.75, 3.05) is 23.7 Å². The molecule has 4 atom stereocenters. The van der Waals surface area contributed by atoms with Gasteiger partial charge in [0, 0.05) is 17.7 Å². The van der Waals surface area contributed by atoms with Crippen LogP contribution in [0.3, 0.4) is 0 Å². The van der Waals surface area contributed by atoms with Crippen molar-refractivity contribution in [1.29, 1.82) is 0 Å². The molecule has 1 fully saturated rings. The van der Waals surface area contributed by atoms with Crippen molar-refractivity contribution in [3.63, 3.8) is 0 Å². The Kier molecular flexibility index (Phi) is 13.9. The summed E-state index contributed by atoms with van der Waals surface area (Å²) in [5.74, 6) is -6.42. The zero-order valence-corrected chi connectivity index (χ0v) is 25.6. The third-order valence-corrected chi connectivity index (χ3v) is 8.13. The van der Waals surface area contributed by atoms with E-state index in [0.717, 1.165) is 21.9 Å². The van der Waals surface area contributed by atoms with Gasteiger partial charge in [-0.1, -0.05) is 31.4 Å². The van der Waals surface area contributed by atoms with Crippen LogP contribution in [-0.2, 0) is 33.6 Å². The van der Waals surface area contributed by atoms with E-state index >= 15 is 0 Å². The molecule has 9 N–H and O–H groups in total. The van der Waals surface area contributed by atoms with E-state index in [1.54, 1.807) is 12.1 Å². The molecule has 15 nitrogen and oxygen atoms in total. The SMILES string of the molecule is C=Cc1c(N2C(=O)CC(SC[C@H](N)C(=O)N[C@@H](CCCN)C(=O)NCC(=O)N[C@@H](CC(=O)O)C(=O)O)C2=O)cc/c(=C/C)c1=C. The topological polar surface area (TPSA) is 251 Å². The highest BCUT2D eigenvalue weighted by Crippen LogP contribution is 2.31. The highest BCUT2D eigenvalue weighted by Gasteiger charge is 2.41. The van der Waals surface area contributed by atoms with Crippen molar-refractivity contribution < 1.29 is 43.8 Å². The van der Waals surface area contributed by atoms with Crippen LogP contribution in [0.2, 0.25) is 0 Å². The molecular weight excluding hydrogens is 608 g/mol. The van der Waals surface area contributed by atoms with E-state index < -0.39 is 77.8 Å². The molecule has 1 unspecified atom stereocenters. The molecule has 0 radical (unpaired) electrons. The van der Waals surface area contributed by atoms with Gasteiger partial charge in [0.05, 0.1) is 29.9 Å². The Balaban J connectivity index is 2.00. The second kappa shape index (κ2) is 17.1. The largest absolute Gasteiger partial charge is 0.481 e. The summed E-state index contributed by atoms with van der Waals surface area (Å²) >= 11 is 1.03. The molecule has 244 valence electrons. The van der Waals surface area contributed by atoms with E-state index in [9.17, 15) is 33.6 Å². The van der Waals surface area contributed by atoms with Gasteiger partial charge in [-0.3, -0.25) is 28.8 Å². The van der Waals surface area contributed by atoms with Crippen LogP contribution in [0, 0.1) is 0 Å². The van der Waals surface area contributed by atoms with Crippen LogP contribution in [-0.4, -0.2) is 93.9 Å². The number of carbonyl (C=O) groups is 7. The van der Waals surface area contributed by atoms with Crippen LogP contribution < -0.4 is 42.8 Å². The Bertz CT molecular complexity index is 1470. The molecule has 1 aliphatic heterocycles. The number of anilines is 1. The highest BCUT2D eigenvalue weighted by atomic mass is 32.2. The predicted molar refractivity (Wildman–Crippen MR) is 168 cm³/mol. The molecule has 16 heteroatoms. The van der Waals surface area contributed by atoms with Gasteiger partial charge < -0.3 is 37.6 Å². The summed E-state index contributed by atoms with van der Waals surface area (Å²) in [7, 11) is 0. The number of nitrogens with one attached hydrogen (secondary N) is 3. The molecule has 1 aromatic rings. The molecule has 0 spiro atoms. The number of hydrogen-bond acceptors (Lipinski definition) is 10. The van der Waals surface area contributed by atoms with E-state index in [2.05, 4.69) is 23.8 Å². The van der Waals surface area contributed by atoms with Crippen LogP contribution in [0.1, 0.15) is 38.2 Å². The second-order valence-corrected chi connectivity index (χ2v) is 11.3. The smallest absolute Gasteiger partial charge is 0.326 e. The van der Waals surface area contributed by atoms with Crippen LogP contribution in [0.15, 0.2) is 18.7 Å². The number of rotatable bonds is 17. The molecule has 1 aliphatic rings. The zero-order chi connectivity index (χ0) is 33.8. The molecule has 0 saturated carbocycles. The molecule has 0 aliphatic carbocycles. The first-order valence-electron chi connectivity index (χ1n) is 13.9. The number of nitrogens with two attached hydrogens (primary N) is 2. The van der Waals surface area contributed by atoms with Gasteiger partial charge in [0.15, 0.2) is 0 Å². The number of imide groups is 1. The first-order valence-corrected chi connectivity index (χ1v) is 15.0. The first kappa shape index (κ1) is 36.7. The summed E-state index contributed by atoms with van der Waals surface area (Å²) in [6, 6.07) is -0.622. The van der Waals surface area contributed by atoms with Crippen LogP contribution in [0.5, 0.6) is 0 Å². The fourth-order valence-electron chi connectivity index (χ4n) is 4.43. The Morgan fingerprint density at radius 2 is 1.82 bits per heavy atom. The summed E-state index contributed by atoms with van der Waals surface area (Å²) in [5, 5.41) is 25.3. The molecular formula is C29H38N6O9S. The Morgan fingerprint density at radius 1 is 1.13 bits per heavy atom. The number of carbonyl (C=O) groups excluding carboxylic acids is 5. The monoisotopic (exact) mass is 646 g/mol. The number of hydrogen-bond donors (Lipinski definition) is 7. The third kappa shape index (κ3) is 9.99. The average molecular weight is 647 g/mol. The Hall–Kier alpha value is -4.54. The molecule has 5 amide bonds. The minimum atomic E-state index is -1.70. The van der Waals surface area contributed by atoms with Crippen molar-refractivity contribution >= 4 is 77.7 Å². The normalized spacial score (nSPS) is 16.9. The standard InChI is InChI=1S/C29H38N6O9S/c1-4-16-8-9-21(17(5-2)15(16)3)35-24(37)12-22(28(35)42)45-14-18(31)26(40)34-19(7-6-10-30)27(41)32-13-23(36)33-20(29(43)44)11-25(38)39/h4-5,8-9,18-20,22H,2-3,6-7,10-14,30-31H2,1H3,(H,32,41)(H,33,36)(H,34,40)(H,38,39)(H,43,44)/b16-4-/t18-,19-,20-,22?/m0/s1. The molecule has 1 aromatic carbocycles. The van der Waals surface area contributed by atoms with Gasteiger partial charge >= 0.3 is 11.9 Å². The minimum absolute atomic E-state index is 0.0597. The fraction of sp³-hybridized carbons (Fsp3) is 0.414. The lowest BCUT2D eigenvalue weighted by Gasteiger charge is -2.21. The Morgan fingerprint density at radius 3 is 2.40 bits per heavy atom. The number of nitrogens with zero attached hydrogens (tertiary/aromatic N) is 1. The van der Waals surface area contributed by atoms with E-state index in [1.165, 1.54) is 6.08 Å². The van der Waals surface area contributed by atoms with Crippen LogP contribution in [0.4, 0.5) is 5.69 Å². The van der Waals surface area contributed by atoms with Gasteiger partial charge in [0.1, 0.15) is 12.1 Å². The zero-order valence-electron chi connectivity index (χ0n) is 24.7. The quantitative estimate of drug-likeness (QED) is 0.0876. The summed E-state index contributed by atoms with van der Waals surface area (Å²) in [6.07, 6.45) is 2.81. The molecule has 45 heavy (non-hydrogen) atoms. The third-order valence-electron chi connectivity index (χ3n) is 6.81. The van der Waals surface area contributed by atoms with Gasteiger partial charge in [-0.25, -0.2) is 9.69 Å². The van der Waals surface area contributed by atoms with Crippen molar-refractivity contribution in [3.05, 3.63) is 34.7 Å². The van der Waals surface area contributed by atoms with Crippen molar-refractivity contribution in [2.24, 2.45) is 11.5 Å². The lowest BCUT2D eigenvalue weighted by atomic mass is 10.1. The summed E-state index contributed by atoms with van der Waals surface area (Å²) in [5.41, 5.74) is 12.5. The maximum atomic E-state index is 13.2. The molecule has 1 saturated heterocycles. The van der Waals surface area contributed by atoms with Gasteiger partial charge in [-0.05, 0) is 42.8 Å². The lowest BCUT2D eigenvalue weighted by molar-refractivity contribution is -0.147. The number of aliphatic carboxylic acids is 2. The van der Waals surface area contributed by atoms with Gasteiger partial charge in [-0.15, -0.1) is 11.8 Å². The summed E-state index contributed by atoms with van der Waals surface area (Å²) in [6.45, 7) is 9.16. The summed E-state index contributed by atoms with van der Waals surface area (Å²) in [4.78, 5) is 86.8. The second-order valence-electron chi connectivity index (χ2n) is 10.0. The minimum Gasteiger partial charge on any atom is -0.481 e. The maximum absolute atomic E-state index is 13.2. The van der Waals surface area contributed by atoms with Gasteiger partial charge in [0.25, 0.3) is 0 Å². The van der Waals surface area contributed by atoms with E-state index in [-0.39, 0.29) is 25.1 Å². The Labute approximate surface area is 263 Å². The maximum Gasteiger partial charge on any atom is 0.326 e. The number of amides is 5. The van der Waals surface area contributed by atoms with Crippen molar-refractivity contribution in [1.82, 2.24) is 16.0 Å². The van der Waals surface area contributed by atoms with Crippen LogP contribution in [0.25, 0.3) is 18.7 Å². The van der Waals surface area contributed by atoms with Crippen LogP contribution >= 0.6 is 11.8 Å². The van der Waals surface area contributed by atoms with Crippen molar-refractivity contribution in [3.8, 4) is 0 Å². The molecule has 0 bridgehead atoms. The van der Waals surface area contributed by atoms with E-state index in [1.807, 2.05) is 18.3 Å². The van der Waals surface area contributed by atoms with E-state index in [0.29, 0.717) is 22.9 Å². The number of carboxylic acids is 2. The first-order chi connectivity index (χ1) is 21.2. The lowest BCUT2D eigenvalue weighted by Crippen LogP contribution is -2.54. The molecule has 1 heterocycles. The van der Waals surface area contributed by atoms with Gasteiger partial charge in [0.2, 0.25) is 29.5 Å². The fourth-order valence-corrected chi connectivity index (χ4v) is 5.52. The molecule has 2 rings (SSSR count).